The number of amides is 2. The fraction of sp³-hybridized carbons (Fsp3) is 0.810. The zero-order valence-corrected chi connectivity index (χ0v) is 16.9. The first-order valence-electron chi connectivity index (χ1n) is 11.0. The lowest BCUT2D eigenvalue weighted by Crippen LogP contribution is -2.48. The summed E-state index contributed by atoms with van der Waals surface area (Å²) in [5.41, 5.74) is 0. The molecule has 1 aromatic rings. The maximum Gasteiger partial charge on any atom is 0.233 e. The second-order valence-corrected chi connectivity index (χ2v) is 8.81. The number of hydrogen-bond donors (Lipinski definition) is 0. The van der Waals surface area contributed by atoms with Crippen LogP contribution in [0.4, 0.5) is 0 Å². The van der Waals surface area contributed by atoms with Gasteiger partial charge in [0.1, 0.15) is 0 Å². The Hall–Kier alpha value is -1.92. The highest BCUT2D eigenvalue weighted by Crippen LogP contribution is 2.32. The summed E-state index contributed by atoms with van der Waals surface area (Å²) < 4.78 is 5.50. The Morgan fingerprint density at radius 3 is 2.39 bits per heavy atom. The van der Waals surface area contributed by atoms with E-state index in [-0.39, 0.29) is 23.7 Å². The molecule has 1 aromatic heterocycles. The third kappa shape index (κ3) is 4.39. The topological polar surface area (TPSA) is 79.5 Å². The molecule has 2 saturated heterocycles. The standard InChI is InChI=1S/C21H32N4O3/c1-15(26)24-11-9-17(10-12-24)20-22-21(28-23-20)18-13-25(14-18)19(27)8-7-16-5-3-2-4-6-16/h16-18H,2-14H2,1H3. The molecule has 4 rings (SSSR count). The van der Waals surface area contributed by atoms with Crippen LogP contribution in [-0.4, -0.2) is 57.9 Å². The summed E-state index contributed by atoms with van der Waals surface area (Å²) >= 11 is 0. The minimum Gasteiger partial charge on any atom is -0.343 e. The fourth-order valence-corrected chi connectivity index (χ4v) is 4.83. The molecule has 0 N–H and O–H groups in total. The van der Waals surface area contributed by atoms with Gasteiger partial charge in [0.25, 0.3) is 0 Å². The van der Waals surface area contributed by atoms with Gasteiger partial charge in [0.05, 0.1) is 5.92 Å². The number of nitrogens with zero attached hydrogens (tertiary/aromatic N) is 4. The van der Waals surface area contributed by atoms with Crippen molar-refractivity contribution in [2.24, 2.45) is 5.92 Å². The first kappa shape index (κ1) is 19.4. The van der Waals surface area contributed by atoms with E-state index in [1.165, 1.54) is 32.1 Å². The molecule has 3 fully saturated rings. The van der Waals surface area contributed by atoms with Crippen molar-refractivity contribution in [3.05, 3.63) is 11.7 Å². The summed E-state index contributed by atoms with van der Waals surface area (Å²) in [4.78, 5) is 32.3. The predicted molar refractivity (Wildman–Crippen MR) is 104 cm³/mol. The van der Waals surface area contributed by atoms with Gasteiger partial charge in [-0.15, -0.1) is 0 Å². The molecule has 0 aromatic carbocycles. The summed E-state index contributed by atoms with van der Waals surface area (Å²) in [7, 11) is 0. The third-order valence-electron chi connectivity index (χ3n) is 6.84. The van der Waals surface area contributed by atoms with Gasteiger partial charge in [0, 0.05) is 45.4 Å². The number of likely N-dealkylation sites (tertiary alicyclic amines) is 2. The van der Waals surface area contributed by atoms with Crippen LogP contribution in [0.5, 0.6) is 0 Å². The number of piperidine rings is 1. The van der Waals surface area contributed by atoms with Crippen LogP contribution in [0, 0.1) is 5.92 Å². The fourth-order valence-electron chi connectivity index (χ4n) is 4.83. The second kappa shape index (κ2) is 8.62. The lowest BCUT2D eigenvalue weighted by Gasteiger charge is -2.37. The first-order valence-corrected chi connectivity index (χ1v) is 11.0. The SMILES string of the molecule is CC(=O)N1CCC(c2noc(C3CN(C(=O)CCC4CCCCC4)C3)n2)CC1. The van der Waals surface area contributed by atoms with Crippen LogP contribution >= 0.6 is 0 Å². The van der Waals surface area contributed by atoms with Crippen LogP contribution in [0.25, 0.3) is 0 Å². The molecular formula is C21H32N4O3. The van der Waals surface area contributed by atoms with Crippen molar-refractivity contribution in [3.8, 4) is 0 Å². The van der Waals surface area contributed by atoms with Gasteiger partial charge < -0.3 is 14.3 Å². The second-order valence-electron chi connectivity index (χ2n) is 8.81. The summed E-state index contributed by atoms with van der Waals surface area (Å²) in [5, 5.41) is 4.19. The van der Waals surface area contributed by atoms with Gasteiger partial charge >= 0.3 is 0 Å². The van der Waals surface area contributed by atoms with E-state index in [1.54, 1.807) is 6.92 Å². The van der Waals surface area contributed by atoms with Crippen LogP contribution in [0.15, 0.2) is 4.52 Å². The van der Waals surface area contributed by atoms with Crippen molar-refractivity contribution in [2.45, 2.75) is 76.5 Å². The normalized spacial score (nSPS) is 22.3. The number of rotatable bonds is 5. The van der Waals surface area contributed by atoms with Crippen LogP contribution in [0.2, 0.25) is 0 Å². The van der Waals surface area contributed by atoms with Gasteiger partial charge in [0.2, 0.25) is 17.7 Å². The number of carbonyl (C=O) groups is 2. The monoisotopic (exact) mass is 388 g/mol. The van der Waals surface area contributed by atoms with Crippen LogP contribution < -0.4 is 0 Å². The highest BCUT2D eigenvalue weighted by atomic mass is 16.5. The maximum absolute atomic E-state index is 12.4. The molecule has 3 aliphatic rings. The summed E-state index contributed by atoms with van der Waals surface area (Å²) in [6, 6.07) is 0. The van der Waals surface area contributed by atoms with E-state index in [4.69, 9.17) is 4.52 Å². The number of carbonyl (C=O) groups excluding carboxylic acids is 2. The van der Waals surface area contributed by atoms with Gasteiger partial charge in [-0.2, -0.15) is 4.98 Å². The molecule has 1 saturated carbocycles. The largest absolute Gasteiger partial charge is 0.343 e. The van der Waals surface area contributed by atoms with Crippen molar-refractivity contribution >= 4 is 11.8 Å². The van der Waals surface area contributed by atoms with Gasteiger partial charge in [-0.25, -0.2) is 0 Å². The third-order valence-corrected chi connectivity index (χ3v) is 6.84. The van der Waals surface area contributed by atoms with Gasteiger partial charge in [-0.05, 0) is 25.2 Å². The van der Waals surface area contributed by atoms with Crippen molar-refractivity contribution in [1.82, 2.24) is 19.9 Å². The molecule has 28 heavy (non-hydrogen) atoms. The smallest absolute Gasteiger partial charge is 0.233 e. The number of hydrogen-bond acceptors (Lipinski definition) is 5. The van der Waals surface area contributed by atoms with E-state index in [2.05, 4.69) is 10.1 Å². The van der Waals surface area contributed by atoms with Crippen molar-refractivity contribution in [2.75, 3.05) is 26.2 Å². The Labute approximate surface area is 166 Å². The first-order chi connectivity index (χ1) is 13.6. The van der Waals surface area contributed by atoms with Crippen LogP contribution in [0.3, 0.4) is 0 Å². The summed E-state index contributed by atoms with van der Waals surface area (Å²) in [6.07, 6.45) is 10.1. The molecule has 0 radical (unpaired) electrons. The van der Waals surface area contributed by atoms with Gasteiger partial charge in [-0.3, -0.25) is 9.59 Å². The minimum absolute atomic E-state index is 0.134. The van der Waals surface area contributed by atoms with Crippen LogP contribution in [0.1, 0.15) is 88.3 Å². The van der Waals surface area contributed by atoms with Gasteiger partial charge in [-0.1, -0.05) is 37.3 Å². The molecule has 0 unspecified atom stereocenters. The molecule has 0 spiro atoms. The molecular weight excluding hydrogens is 356 g/mol. The Kier molecular flexibility index (Phi) is 5.97. The predicted octanol–water partition coefficient (Wildman–Crippen LogP) is 3.08. The van der Waals surface area contributed by atoms with E-state index in [0.717, 1.165) is 44.1 Å². The van der Waals surface area contributed by atoms with E-state index < -0.39 is 0 Å². The quantitative estimate of drug-likeness (QED) is 0.774. The molecule has 0 atom stereocenters. The lowest BCUT2D eigenvalue weighted by atomic mass is 9.86. The van der Waals surface area contributed by atoms with E-state index >= 15 is 0 Å². The zero-order valence-electron chi connectivity index (χ0n) is 16.9. The minimum atomic E-state index is 0.134. The molecule has 0 bridgehead atoms. The molecule has 7 nitrogen and oxygen atoms in total. The molecule has 2 amide bonds. The van der Waals surface area contributed by atoms with Crippen LogP contribution in [-0.2, 0) is 9.59 Å². The van der Waals surface area contributed by atoms with E-state index in [9.17, 15) is 9.59 Å². The molecule has 7 heteroatoms. The average molecular weight is 389 g/mol. The summed E-state index contributed by atoms with van der Waals surface area (Å²) in [5.74, 6) is 3.04. The van der Waals surface area contributed by atoms with E-state index in [1.807, 2.05) is 9.80 Å². The lowest BCUT2D eigenvalue weighted by molar-refractivity contribution is -0.136. The van der Waals surface area contributed by atoms with Gasteiger partial charge in [0.15, 0.2) is 5.82 Å². The molecule has 3 heterocycles. The van der Waals surface area contributed by atoms with Crippen molar-refractivity contribution in [3.63, 3.8) is 0 Å². The Morgan fingerprint density at radius 2 is 1.71 bits per heavy atom. The zero-order chi connectivity index (χ0) is 19.5. The highest BCUT2D eigenvalue weighted by Gasteiger charge is 2.36. The maximum atomic E-state index is 12.4. The Bertz CT molecular complexity index is 684. The van der Waals surface area contributed by atoms with Crippen molar-refractivity contribution < 1.29 is 14.1 Å². The average Bonchev–Trinajstić information content (AvgIpc) is 3.16. The molecule has 2 aliphatic heterocycles. The molecule has 1 aliphatic carbocycles. The van der Waals surface area contributed by atoms with Crippen molar-refractivity contribution in [1.29, 1.82) is 0 Å². The molecule has 154 valence electrons. The van der Waals surface area contributed by atoms with E-state index in [0.29, 0.717) is 25.4 Å². The summed E-state index contributed by atoms with van der Waals surface area (Å²) in [6.45, 7) is 4.54. The Morgan fingerprint density at radius 1 is 1.00 bits per heavy atom. The highest BCUT2D eigenvalue weighted by molar-refractivity contribution is 5.77. The number of aromatic nitrogens is 2. The Balaban J connectivity index is 1.21.